The molecule has 132 valence electrons. The highest BCUT2D eigenvalue weighted by Gasteiger charge is 2.20. The highest BCUT2D eigenvalue weighted by molar-refractivity contribution is 5.96. The number of carbonyl (C=O) groups excluding carboxylic acids is 1. The maximum absolute atomic E-state index is 13.0. The monoisotopic (exact) mass is 343 g/mol. The molecule has 1 N–H and O–H groups in total. The van der Waals surface area contributed by atoms with Crippen molar-refractivity contribution in [3.8, 4) is 0 Å². The van der Waals surface area contributed by atoms with E-state index >= 15 is 0 Å². The second kappa shape index (κ2) is 7.57. The Kier molecular flexibility index (Phi) is 5.22. The number of aryl methyl sites for hydroxylation is 4. The van der Waals surface area contributed by atoms with Crippen molar-refractivity contribution in [2.45, 2.75) is 33.7 Å². The predicted molar refractivity (Wildman–Crippen MR) is 108 cm³/mol. The number of rotatable bonds is 4. The Morgan fingerprint density at radius 3 is 2.00 bits per heavy atom. The standard InChI is InChI=1S/C24H25NO/c1-16-10-12-21(18(3)14-16)23(20-8-6-5-7-9-20)25-24(26)22-13-11-17(2)15-19(22)4/h5-15,23H,1-4H3,(H,25,26)/t23-/m1/s1. The number of hydrogen-bond acceptors (Lipinski definition) is 1. The molecule has 0 radical (unpaired) electrons. The Labute approximate surface area is 155 Å². The molecular weight excluding hydrogens is 318 g/mol. The lowest BCUT2D eigenvalue weighted by Crippen LogP contribution is -2.30. The van der Waals surface area contributed by atoms with Gasteiger partial charge in [-0.2, -0.15) is 0 Å². The van der Waals surface area contributed by atoms with E-state index in [0.29, 0.717) is 0 Å². The predicted octanol–water partition coefficient (Wildman–Crippen LogP) is 5.44. The molecule has 3 aromatic carbocycles. The molecule has 0 fully saturated rings. The molecule has 0 aliphatic rings. The number of carbonyl (C=O) groups is 1. The van der Waals surface area contributed by atoms with Crippen LogP contribution in [0.25, 0.3) is 0 Å². The summed E-state index contributed by atoms with van der Waals surface area (Å²) < 4.78 is 0. The average Bonchev–Trinajstić information content (AvgIpc) is 2.61. The van der Waals surface area contributed by atoms with Crippen LogP contribution in [-0.4, -0.2) is 5.91 Å². The fraction of sp³-hybridized carbons (Fsp3) is 0.208. The van der Waals surface area contributed by atoms with Crippen molar-refractivity contribution in [2.24, 2.45) is 0 Å². The number of nitrogens with one attached hydrogen (secondary N) is 1. The highest BCUT2D eigenvalue weighted by Crippen LogP contribution is 2.26. The molecule has 0 heterocycles. The zero-order chi connectivity index (χ0) is 18.7. The summed E-state index contributed by atoms with van der Waals surface area (Å²) in [5.41, 5.74) is 7.49. The lowest BCUT2D eigenvalue weighted by atomic mass is 9.93. The van der Waals surface area contributed by atoms with Crippen LogP contribution >= 0.6 is 0 Å². The van der Waals surface area contributed by atoms with E-state index in [2.05, 4.69) is 49.5 Å². The van der Waals surface area contributed by atoms with Crippen LogP contribution in [0.4, 0.5) is 0 Å². The van der Waals surface area contributed by atoms with Crippen LogP contribution in [-0.2, 0) is 0 Å². The van der Waals surface area contributed by atoms with Crippen molar-refractivity contribution in [2.75, 3.05) is 0 Å². The van der Waals surface area contributed by atoms with Gasteiger partial charge < -0.3 is 5.32 Å². The van der Waals surface area contributed by atoms with Gasteiger partial charge in [0.05, 0.1) is 6.04 Å². The van der Waals surface area contributed by atoms with Gasteiger partial charge in [-0.25, -0.2) is 0 Å². The fourth-order valence-electron chi connectivity index (χ4n) is 3.41. The molecule has 1 atom stereocenters. The van der Waals surface area contributed by atoms with Gasteiger partial charge in [0.2, 0.25) is 0 Å². The molecule has 0 saturated carbocycles. The van der Waals surface area contributed by atoms with Gasteiger partial charge in [0, 0.05) is 5.56 Å². The van der Waals surface area contributed by atoms with Crippen LogP contribution in [0.1, 0.15) is 49.8 Å². The minimum atomic E-state index is -0.176. The normalized spacial score (nSPS) is 11.8. The van der Waals surface area contributed by atoms with Crippen LogP contribution < -0.4 is 5.32 Å². The average molecular weight is 343 g/mol. The van der Waals surface area contributed by atoms with E-state index in [-0.39, 0.29) is 11.9 Å². The summed E-state index contributed by atoms with van der Waals surface area (Å²) in [5.74, 6) is -0.0451. The molecular formula is C24H25NO. The van der Waals surface area contributed by atoms with Gasteiger partial charge in [-0.1, -0.05) is 71.8 Å². The number of hydrogen-bond donors (Lipinski definition) is 1. The molecule has 0 unspecified atom stereocenters. The number of benzene rings is 3. The number of amides is 1. The minimum absolute atomic E-state index is 0.0451. The first-order valence-corrected chi connectivity index (χ1v) is 8.96. The Morgan fingerprint density at radius 1 is 0.769 bits per heavy atom. The van der Waals surface area contributed by atoms with Gasteiger partial charge >= 0.3 is 0 Å². The van der Waals surface area contributed by atoms with Gasteiger partial charge in [0.1, 0.15) is 0 Å². The molecule has 0 saturated heterocycles. The molecule has 26 heavy (non-hydrogen) atoms. The summed E-state index contributed by atoms with van der Waals surface area (Å²) in [6.45, 7) is 8.21. The van der Waals surface area contributed by atoms with Gasteiger partial charge in [-0.05, 0) is 56.0 Å². The Bertz CT molecular complexity index is 928. The Morgan fingerprint density at radius 2 is 1.38 bits per heavy atom. The first kappa shape index (κ1) is 17.9. The van der Waals surface area contributed by atoms with Crippen LogP contribution in [0.5, 0.6) is 0 Å². The van der Waals surface area contributed by atoms with E-state index in [1.807, 2.05) is 50.2 Å². The minimum Gasteiger partial charge on any atom is -0.341 e. The van der Waals surface area contributed by atoms with Crippen molar-refractivity contribution >= 4 is 5.91 Å². The largest absolute Gasteiger partial charge is 0.341 e. The Hall–Kier alpha value is -2.87. The molecule has 0 aromatic heterocycles. The van der Waals surface area contributed by atoms with Gasteiger partial charge in [0.25, 0.3) is 5.91 Å². The highest BCUT2D eigenvalue weighted by atomic mass is 16.1. The molecule has 2 nitrogen and oxygen atoms in total. The van der Waals surface area contributed by atoms with Crippen LogP contribution in [0.3, 0.4) is 0 Å². The summed E-state index contributed by atoms with van der Waals surface area (Å²) in [5, 5.41) is 3.25. The smallest absolute Gasteiger partial charge is 0.252 e. The maximum atomic E-state index is 13.0. The van der Waals surface area contributed by atoms with Crippen molar-refractivity contribution in [3.05, 3.63) is 106 Å². The quantitative estimate of drug-likeness (QED) is 0.671. The van der Waals surface area contributed by atoms with Gasteiger partial charge in [-0.3, -0.25) is 4.79 Å². The molecule has 2 heteroatoms. The first-order chi connectivity index (χ1) is 12.5. The van der Waals surface area contributed by atoms with E-state index in [0.717, 1.165) is 27.8 Å². The van der Waals surface area contributed by atoms with Crippen molar-refractivity contribution < 1.29 is 4.79 Å². The lowest BCUT2D eigenvalue weighted by molar-refractivity contribution is 0.0942. The molecule has 3 aromatic rings. The molecule has 3 rings (SSSR count). The summed E-state index contributed by atoms with van der Waals surface area (Å²) in [7, 11) is 0. The maximum Gasteiger partial charge on any atom is 0.252 e. The van der Waals surface area contributed by atoms with Gasteiger partial charge in [0.15, 0.2) is 0 Å². The molecule has 0 aliphatic carbocycles. The molecule has 0 bridgehead atoms. The van der Waals surface area contributed by atoms with E-state index in [1.54, 1.807) is 0 Å². The van der Waals surface area contributed by atoms with Crippen molar-refractivity contribution in [3.63, 3.8) is 0 Å². The third-order valence-electron chi connectivity index (χ3n) is 4.77. The van der Waals surface area contributed by atoms with E-state index < -0.39 is 0 Å². The molecule has 0 spiro atoms. The Balaban J connectivity index is 2.00. The topological polar surface area (TPSA) is 29.1 Å². The molecule has 0 aliphatic heterocycles. The third kappa shape index (κ3) is 3.85. The zero-order valence-electron chi connectivity index (χ0n) is 15.8. The van der Waals surface area contributed by atoms with Crippen LogP contribution in [0.15, 0.2) is 66.7 Å². The summed E-state index contributed by atoms with van der Waals surface area (Å²) in [6.07, 6.45) is 0. The van der Waals surface area contributed by atoms with Crippen LogP contribution in [0.2, 0.25) is 0 Å². The fourth-order valence-corrected chi connectivity index (χ4v) is 3.41. The summed E-state index contributed by atoms with van der Waals surface area (Å²) >= 11 is 0. The summed E-state index contributed by atoms with van der Waals surface area (Å²) in [6, 6.07) is 22.3. The second-order valence-corrected chi connectivity index (χ2v) is 7.00. The van der Waals surface area contributed by atoms with E-state index in [9.17, 15) is 4.79 Å². The SMILES string of the molecule is Cc1ccc(C(=O)N[C@H](c2ccccc2)c2ccc(C)cc2C)c(C)c1. The van der Waals surface area contributed by atoms with E-state index in [4.69, 9.17) is 0 Å². The first-order valence-electron chi connectivity index (χ1n) is 8.96. The summed E-state index contributed by atoms with van der Waals surface area (Å²) in [4.78, 5) is 13.0. The molecule has 1 amide bonds. The van der Waals surface area contributed by atoms with E-state index in [1.165, 1.54) is 11.1 Å². The van der Waals surface area contributed by atoms with Crippen molar-refractivity contribution in [1.82, 2.24) is 5.32 Å². The second-order valence-electron chi connectivity index (χ2n) is 7.00. The van der Waals surface area contributed by atoms with Gasteiger partial charge in [-0.15, -0.1) is 0 Å². The zero-order valence-corrected chi connectivity index (χ0v) is 15.8. The van der Waals surface area contributed by atoms with Crippen LogP contribution in [0, 0.1) is 27.7 Å². The van der Waals surface area contributed by atoms with Crippen molar-refractivity contribution in [1.29, 1.82) is 0 Å². The lowest BCUT2D eigenvalue weighted by Gasteiger charge is -2.22. The third-order valence-corrected chi connectivity index (χ3v) is 4.77.